The predicted molar refractivity (Wildman–Crippen MR) is 109 cm³/mol. The fourth-order valence-electron chi connectivity index (χ4n) is 4.99. The minimum atomic E-state index is -0.0194. The number of carbonyl (C=O) groups is 1. The van der Waals surface area contributed by atoms with Gasteiger partial charge in [-0.3, -0.25) is 9.48 Å². The molecule has 1 saturated carbocycles. The van der Waals surface area contributed by atoms with E-state index < -0.39 is 0 Å². The first-order valence-corrected chi connectivity index (χ1v) is 10.2. The third-order valence-corrected chi connectivity index (χ3v) is 6.53. The average molecular weight is 391 g/mol. The number of nitrogens with zero attached hydrogens (tertiary/aromatic N) is 5. The molecule has 1 aliphatic heterocycles. The second-order valence-electron chi connectivity index (χ2n) is 8.46. The van der Waals surface area contributed by atoms with Gasteiger partial charge in [-0.15, -0.1) is 0 Å². The SMILES string of the molecule is Cc1cnc(OCC23CCCC2CN(C(=O)c2nn(C)c4ccccc24)C3)nc1. The Hall–Kier alpha value is -2.96. The average Bonchev–Trinajstić information content (AvgIpc) is 3.38. The summed E-state index contributed by atoms with van der Waals surface area (Å²) < 4.78 is 7.76. The molecule has 0 N–H and O–H groups in total. The Kier molecular flexibility index (Phi) is 4.26. The molecule has 150 valence electrons. The normalized spacial score (nSPS) is 23.5. The maximum Gasteiger partial charge on any atom is 0.316 e. The van der Waals surface area contributed by atoms with Crippen molar-refractivity contribution in [2.75, 3.05) is 19.7 Å². The van der Waals surface area contributed by atoms with E-state index in [9.17, 15) is 4.79 Å². The lowest BCUT2D eigenvalue weighted by atomic mass is 9.82. The van der Waals surface area contributed by atoms with Crippen molar-refractivity contribution < 1.29 is 9.53 Å². The summed E-state index contributed by atoms with van der Waals surface area (Å²) in [5.41, 5.74) is 2.51. The molecular weight excluding hydrogens is 366 g/mol. The summed E-state index contributed by atoms with van der Waals surface area (Å²) in [4.78, 5) is 23.8. The van der Waals surface area contributed by atoms with Crippen LogP contribution in [0.2, 0.25) is 0 Å². The number of fused-ring (bicyclic) bond motifs is 2. The van der Waals surface area contributed by atoms with Crippen LogP contribution in [0.5, 0.6) is 6.01 Å². The number of aryl methyl sites for hydroxylation is 2. The second kappa shape index (κ2) is 6.83. The topological polar surface area (TPSA) is 73.1 Å². The highest BCUT2D eigenvalue weighted by atomic mass is 16.5. The van der Waals surface area contributed by atoms with Crippen molar-refractivity contribution in [1.29, 1.82) is 0 Å². The highest BCUT2D eigenvalue weighted by Crippen LogP contribution is 2.49. The number of rotatable bonds is 4. The molecule has 2 atom stereocenters. The van der Waals surface area contributed by atoms with Gasteiger partial charge in [0.25, 0.3) is 5.91 Å². The van der Waals surface area contributed by atoms with Crippen molar-refractivity contribution in [1.82, 2.24) is 24.6 Å². The Balaban J connectivity index is 1.36. The van der Waals surface area contributed by atoms with Crippen molar-refractivity contribution in [2.45, 2.75) is 26.2 Å². The Morgan fingerprint density at radius 2 is 2.07 bits per heavy atom. The predicted octanol–water partition coefficient (Wildman–Crippen LogP) is 2.99. The first-order valence-electron chi connectivity index (χ1n) is 10.2. The summed E-state index contributed by atoms with van der Waals surface area (Å²) in [5, 5.41) is 5.44. The highest BCUT2D eigenvalue weighted by Gasteiger charge is 2.51. The van der Waals surface area contributed by atoms with Gasteiger partial charge in [0.05, 0.1) is 12.1 Å². The van der Waals surface area contributed by atoms with Crippen LogP contribution in [-0.4, -0.2) is 50.3 Å². The van der Waals surface area contributed by atoms with Gasteiger partial charge in [-0.2, -0.15) is 5.10 Å². The fourth-order valence-corrected chi connectivity index (χ4v) is 4.99. The van der Waals surface area contributed by atoms with Crippen molar-refractivity contribution in [3.05, 3.63) is 47.9 Å². The van der Waals surface area contributed by atoms with Crippen molar-refractivity contribution in [3.8, 4) is 6.01 Å². The van der Waals surface area contributed by atoms with E-state index in [1.807, 2.05) is 43.1 Å². The molecule has 7 nitrogen and oxygen atoms in total. The number of likely N-dealkylation sites (tertiary alicyclic amines) is 1. The van der Waals surface area contributed by atoms with Crippen LogP contribution in [0.15, 0.2) is 36.7 Å². The molecule has 2 aromatic heterocycles. The molecular formula is C22H25N5O2. The Morgan fingerprint density at radius 1 is 1.28 bits per heavy atom. The van der Waals surface area contributed by atoms with Crippen LogP contribution in [0.3, 0.4) is 0 Å². The van der Waals surface area contributed by atoms with Gasteiger partial charge in [-0.1, -0.05) is 24.6 Å². The molecule has 7 heteroatoms. The van der Waals surface area contributed by atoms with E-state index >= 15 is 0 Å². The quantitative estimate of drug-likeness (QED) is 0.684. The zero-order valence-electron chi connectivity index (χ0n) is 16.8. The molecule has 0 bridgehead atoms. The summed E-state index contributed by atoms with van der Waals surface area (Å²) in [6.07, 6.45) is 6.91. The zero-order valence-corrected chi connectivity index (χ0v) is 16.8. The molecule has 0 spiro atoms. The van der Waals surface area contributed by atoms with E-state index in [2.05, 4.69) is 15.1 Å². The Bertz CT molecular complexity index is 1060. The lowest BCUT2D eigenvalue weighted by molar-refractivity contribution is 0.0737. The number of hydrogen-bond acceptors (Lipinski definition) is 5. The van der Waals surface area contributed by atoms with Gasteiger partial charge >= 0.3 is 6.01 Å². The lowest BCUT2D eigenvalue weighted by Gasteiger charge is -2.28. The number of para-hydroxylation sites is 1. The maximum absolute atomic E-state index is 13.3. The maximum atomic E-state index is 13.3. The molecule has 1 amide bonds. The lowest BCUT2D eigenvalue weighted by Crippen LogP contribution is -2.36. The van der Waals surface area contributed by atoms with E-state index in [1.165, 1.54) is 6.42 Å². The second-order valence-corrected chi connectivity index (χ2v) is 8.46. The van der Waals surface area contributed by atoms with E-state index in [0.29, 0.717) is 30.8 Å². The zero-order chi connectivity index (χ0) is 20.0. The summed E-state index contributed by atoms with van der Waals surface area (Å²) >= 11 is 0. The molecule has 5 rings (SSSR count). The van der Waals surface area contributed by atoms with Gasteiger partial charge < -0.3 is 9.64 Å². The molecule has 3 aromatic rings. The molecule has 29 heavy (non-hydrogen) atoms. The van der Waals surface area contributed by atoms with Crippen molar-refractivity contribution in [2.24, 2.45) is 18.4 Å². The molecule has 1 saturated heterocycles. The Labute approximate surface area is 169 Å². The van der Waals surface area contributed by atoms with Crippen LogP contribution in [0.1, 0.15) is 35.3 Å². The smallest absolute Gasteiger partial charge is 0.316 e. The van der Waals surface area contributed by atoms with Gasteiger partial charge in [0.2, 0.25) is 0 Å². The van der Waals surface area contributed by atoms with E-state index in [4.69, 9.17) is 4.74 Å². The van der Waals surface area contributed by atoms with Crippen LogP contribution in [0, 0.1) is 18.3 Å². The van der Waals surface area contributed by atoms with Crippen LogP contribution < -0.4 is 4.74 Å². The minimum absolute atomic E-state index is 0.0159. The minimum Gasteiger partial charge on any atom is -0.463 e. The first kappa shape index (κ1) is 18.1. The van der Waals surface area contributed by atoms with Gasteiger partial charge in [0, 0.05) is 43.3 Å². The third-order valence-electron chi connectivity index (χ3n) is 6.53. The number of ether oxygens (including phenoxy) is 1. The number of aromatic nitrogens is 4. The molecule has 2 unspecified atom stereocenters. The van der Waals surface area contributed by atoms with Crippen LogP contribution in [0.4, 0.5) is 0 Å². The van der Waals surface area contributed by atoms with E-state index in [1.54, 1.807) is 17.1 Å². The monoisotopic (exact) mass is 391 g/mol. The molecule has 3 heterocycles. The third kappa shape index (κ3) is 3.05. The van der Waals surface area contributed by atoms with Crippen molar-refractivity contribution >= 4 is 16.8 Å². The molecule has 1 aliphatic carbocycles. The number of hydrogen-bond donors (Lipinski definition) is 0. The van der Waals surface area contributed by atoms with Crippen LogP contribution in [0.25, 0.3) is 10.9 Å². The van der Waals surface area contributed by atoms with Crippen molar-refractivity contribution in [3.63, 3.8) is 0 Å². The van der Waals surface area contributed by atoms with E-state index in [-0.39, 0.29) is 11.3 Å². The Morgan fingerprint density at radius 3 is 2.90 bits per heavy atom. The largest absolute Gasteiger partial charge is 0.463 e. The first-order chi connectivity index (χ1) is 14.1. The van der Waals surface area contributed by atoms with E-state index in [0.717, 1.165) is 35.9 Å². The summed E-state index contributed by atoms with van der Waals surface area (Å²) in [5.74, 6) is 0.467. The summed E-state index contributed by atoms with van der Waals surface area (Å²) in [6.45, 7) is 3.97. The number of benzene rings is 1. The summed E-state index contributed by atoms with van der Waals surface area (Å²) in [6, 6.07) is 8.31. The van der Waals surface area contributed by atoms with Gasteiger partial charge in [0.1, 0.15) is 0 Å². The molecule has 2 aliphatic rings. The summed E-state index contributed by atoms with van der Waals surface area (Å²) in [7, 11) is 1.88. The molecule has 2 fully saturated rings. The number of amides is 1. The van der Waals surface area contributed by atoms with Gasteiger partial charge in [-0.05, 0) is 37.3 Å². The standard InChI is InChI=1S/C22H25N5O2/c1-15-10-23-21(24-11-15)29-14-22-9-5-6-16(22)12-27(13-22)20(28)19-17-7-3-4-8-18(17)26(2)25-19/h3-4,7-8,10-11,16H,5-6,9,12-14H2,1-2H3. The van der Waals surface area contributed by atoms with Gasteiger partial charge in [-0.25, -0.2) is 9.97 Å². The van der Waals surface area contributed by atoms with Crippen LogP contribution in [-0.2, 0) is 7.05 Å². The molecule has 1 aromatic carbocycles. The number of carbonyl (C=O) groups excluding carboxylic acids is 1. The molecule has 0 radical (unpaired) electrons. The van der Waals surface area contributed by atoms with Crippen LogP contribution >= 0.6 is 0 Å². The fraction of sp³-hybridized carbons (Fsp3) is 0.455. The van der Waals surface area contributed by atoms with Gasteiger partial charge in [0.15, 0.2) is 5.69 Å². The highest BCUT2D eigenvalue weighted by molar-refractivity contribution is 6.05.